The molecule has 14 heavy (non-hydrogen) atoms. The molecule has 0 saturated carbocycles. The summed E-state index contributed by atoms with van der Waals surface area (Å²) in [5.41, 5.74) is 0. The Morgan fingerprint density at radius 1 is 0.929 bits per heavy atom. The molecule has 0 fully saturated rings. The van der Waals surface area contributed by atoms with Crippen molar-refractivity contribution in [1.82, 2.24) is 0 Å². The van der Waals surface area contributed by atoms with Gasteiger partial charge in [0.1, 0.15) is 0 Å². The Labute approximate surface area is 111 Å². The van der Waals surface area contributed by atoms with E-state index in [0.29, 0.717) is 0 Å². The third-order valence-electron chi connectivity index (χ3n) is 0. The molecular formula is C6H12CaO7. The maximum atomic E-state index is 9.00. The van der Waals surface area contributed by atoms with Crippen LogP contribution in [0.25, 0.3) is 0 Å². The standard InChI is InChI=1S/3C2H4O2.Ca.H2O/c3*1-2(3)4;;/h3*1H3,(H,3,4);;1H2/q;;;+2;/p-2. The van der Waals surface area contributed by atoms with Crippen LogP contribution in [0.2, 0.25) is 0 Å². The molecule has 0 radical (unpaired) electrons. The monoisotopic (exact) mass is 236 g/mol. The number of carbonyl (C=O) groups is 3. The molecule has 0 aromatic rings. The third kappa shape index (κ3) is 9590. The Kier molecular flexibility index (Phi) is 47.8. The molecule has 0 bridgehead atoms. The topological polar surface area (TPSA) is 149 Å². The molecule has 0 rings (SSSR count). The van der Waals surface area contributed by atoms with E-state index in [-0.39, 0.29) is 43.2 Å². The van der Waals surface area contributed by atoms with Crippen LogP contribution in [0.3, 0.4) is 0 Å². The maximum Gasteiger partial charge on any atom is 2.00 e. The Hall–Kier alpha value is -0.370. The van der Waals surface area contributed by atoms with Gasteiger partial charge in [-0.1, -0.05) is 0 Å². The van der Waals surface area contributed by atoms with E-state index >= 15 is 0 Å². The zero-order valence-electron chi connectivity index (χ0n) is 8.20. The summed E-state index contributed by atoms with van der Waals surface area (Å²) in [7, 11) is 0. The predicted molar refractivity (Wildman–Crippen MR) is 44.0 cm³/mol. The van der Waals surface area contributed by atoms with Gasteiger partial charge >= 0.3 is 37.7 Å². The Morgan fingerprint density at radius 2 is 0.929 bits per heavy atom. The second-order valence-electron chi connectivity index (χ2n) is 1.50. The zero-order valence-corrected chi connectivity index (χ0v) is 10.4. The summed E-state index contributed by atoms with van der Waals surface area (Å²) in [4.78, 5) is 26.8. The minimum atomic E-state index is -1.08. The van der Waals surface area contributed by atoms with Gasteiger partial charge in [0.25, 0.3) is 5.97 Å². The molecule has 0 aliphatic rings. The van der Waals surface area contributed by atoms with Gasteiger partial charge in [0.05, 0.1) is 0 Å². The van der Waals surface area contributed by atoms with Gasteiger partial charge in [-0.2, -0.15) is 0 Å². The summed E-state index contributed by atoms with van der Waals surface area (Å²) < 4.78 is 0. The van der Waals surface area contributed by atoms with Crippen LogP contribution in [0.15, 0.2) is 0 Å². The Bertz CT molecular complexity index is 116. The molecule has 0 aromatic carbocycles. The summed E-state index contributed by atoms with van der Waals surface area (Å²) >= 11 is 0. The molecule has 0 spiro atoms. The van der Waals surface area contributed by atoms with E-state index in [4.69, 9.17) is 29.7 Å². The van der Waals surface area contributed by atoms with E-state index in [2.05, 4.69) is 0 Å². The van der Waals surface area contributed by atoms with Crippen molar-refractivity contribution in [2.45, 2.75) is 20.8 Å². The van der Waals surface area contributed by atoms with Crippen LogP contribution in [0.1, 0.15) is 20.8 Å². The number of aliphatic carboxylic acids is 3. The first-order valence-corrected chi connectivity index (χ1v) is 2.74. The molecule has 80 valence electrons. The summed E-state index contributed by atoms with van der Waals surface area (Å²) in [6.07, 6.45) is 0. The maximum absolute atomic E-state index is 9.00. The van der Waals surface area contributed by atoms with Crippen LogP contribution in [0.5, 0.6) is 0 Å². The van der Waals surface area contributed by atoms with E-state index in [1.165, 1.54) is 0 Å². The number of carboxylic acids is 3. The van der Waals surface area contributed by atoms with Gasteiger partial charge in [0.15, 0.2) is 0 Å². The summed E-state index contributed by atoms with van der Waals surface area (Å²) in [6, 6.07) is 0. The van der Waals surface area contributed by atoms with E-state index in [0.717, 1.165) is 20.8 Å². The molecule has 0 saturated heterocycles. The fourth-order valence-corrected chi connectivity index (χ4v) is 0. The van der Waals surface area contributed by atoms with Crippen LogP contribution in [0, 0.1) is 0 Å². The molecule has 0 aliphatic heterocycles. The van der Waals surface area contributed by atoms with Crippen LogP contribution in [-0.4, -0.2) is 66.2 Å². The smallest absolute Gasteiger partial charge is 0.550 e. The second-order valence-corrected chi connectivity index (χ2v) is 1.50. The molecule has 7 nitrogen and oxygen atoms in total. The van der Waals surface area contributed by atoms with Crippen molar-refractivity contribution in [3.8, 4) is 0 Å². The number of carboxylic acid groups (broad SMARTS) is 3. The fourth-order valence-electron chi connectivity index (χ4n) is 0. The van der Waals surface area contributed by atoms with Crippen molar-refractivity contribution in [3.63, 3.8) is 0 Å². The number of carbonyl (C=O) groups excluding carboxylic acids is 2. The SMILES string of the molecule is CC(=O)O.CC(=O)[O-].CC(=O)[O-].O.[Ca+2]. The quantitative estimate of drug-likeness (QED) is 0.429. The first-order chi connectivity index (χ1) is 5.20. The van der Waals surface area contributed by atoms with Crippen LogP contribution >= 0.6 is 0 Å². The molecule has 0 aromatic heterocycles. The van der Waals surface area contributed by atoms with Crippen LogP contribution in [0.4, 0.5) is 0 Å². The van der Waals surface area contributed by atoms with Gasteiger partial charge in [-0.15, -0.1) is 0 Å². The Morgan fingerprint density at radius 3 is 0.929 bits per heavy atom. The van der Waals surface area contributed by atoms with Gasteiger partial charge in [0.2, 0.25) is 0 Å². The van der Waals surface area contributed by atoms with E-state index in [9.17, 15) is 0 Å². The van der Waals surface area contributed by atoms with Gasteiger partial charge < -0.3 is 30.4 Å². The Balaban J connectivity index is -0.0000000270. The summed E-state index contributed by atoms with van der Waals surface area (Å²) in [5.74, 6) is -3.00. The minimum Gasteiger partial charge on any atom is -0.550 e. The molecule has 8 heteroatoms. The zero-order chi connectivity index (χ0) is 10.7. The minimum absolute atomic E-state index is 0. The average molecular weight is 236 g/mol. The number of rotatable bonds is 0. The number of hydrogen-bond acceptors (Lipinski definition) is 5. The van der Waals surface area contributed by atoms with Crippen molar-refractivity contribution in [2.75, 3.05) is 0 Å². The van der Waals surface area contributed by atoms with Crippen molar-refractivity contribution < 1.29 is 35.2 Å². The third-order valence-corrected chi connectivity index (χ3v) is 0. The molecule has 0 aliphatic carbocycles. The number of hydrogen-bond donors (Lipinski definition) is 1. The summed E-state index contributed by atoms with van der Waals surface area (Å²) in [6.45, 7) is 3.03. The van der Waals surface area contributed by atoms with Crippen molar-refractivity contribution in [2.24, 2.45) is 0 Å². The average Bonchev–Trinajstić information content (AvgIpc) is 1.54. The van der Waals surface area contributed by atoms with Crippen LogP contribution in [-0.2, 0) is 14.4 Å². The summed E-state index contributed by atoms with van der Waals surface area (Å²) in [5, 5.41) is 25.2. The molecule has 0 unspecified atom stereocenters. The first kappa shape index (κ1) is 29.2. The first-order valence-electron chi connectivity index (χ1n) is 2.74. The molecule has 3 N–H and O–H groups in total. The van der Waals surface area contributed by atoms with Crippen molar-refractivity contribution in [3.05, 3.63) is 0 Å². The molecule has 0 amide bonds. The molecule has 0 atom stereocenters. The largest absolute Gasteiger partial charge is 2.00 e. The van der Waals surface area contributed by atoms with Crippen molar-refractivity contribution in [1.29, 1.82) is 0 Å². The normalized spacial score (nSPS) is 5.36. The molecule has 0 heterocycles. The van der Waals surface area contributed by atoms with Gasteiger partial charge in [0, 0.05) is 18.9 Å². The van der Waals surface area contributed by atoms with Crippen LogP contribution < -0.4 is 10.2 Å². The van der Waals surface area contributed by atoms with E-state index in [1.807, 2.05) is 0 Å². The second kappa shape index (κ2) is 22.9. The van der Waals surface area contributed by atoms with E-state index < -0.39 is 17.9 Å². The van der Waals surface area contributed by atoms with Gasteiger partial charge in [-0.3, -0.25) is 4.79 Å². The van der Waals surface area contributed by atoms with Gasteiger partial charge in [-0.25, -0.2) is 0 Å². The van der Waals surface area contributed by atoms with E-state index in [1.54, 1.807) is 0 Å². The van der Waals surface area contributed by atoms with Gasteiger partial charge in [-0.05, 0) is 13.8 Å². The fraction of sp³-hybridized carbons (Fsp3) is 0.500. The predicted octanol–water partition coefficient (Wildman–Crippen LogP) is -3.60. The molecular weight excluding hydrogens is 224 g/mol. The van der Waals surface area contributed by atoms with Crippen molar-refractivity contribution >= 4 is 55.6 Å².